The molecule has 0 saturated heterocycles. The molecule has 0 aliphatic heterocycles. The molecule has 3 aromatic rings. The molecule has 2 heteroatoms. The average Bonchev–Trinajstić information content (AvgIpc) is 2.83. The van der Waals surface area contributed by atoms with E-state index in [0.717, 1.165) is 5.75 Å². The third-order valence-corrected chi connectivity index (χ3v) is 3.97. The summed E-state index contributed by atoms with van der Waals surface area (Å²) in [5.74, 6) is 0.928. The standard InChI is InChI=1S/C20H23NO/c1-14(2)21-18(12-17-9-8-16(4)11-20(17)21)13-22-19-7-5-6-15(3)10-19/h5-12,14H,13H2,1-4H3. The summed E-state index contributed by atoms with van der Waals surface area (Å²) in [6.45, 7) is 9.26. The zero-order valence-corrected chi connectivity index (χ0v) is 13.8. The summed E-state index contributed by atoms with van der Waals surface area (Å²) < 4.78 is 8.38. The highest BCUT2D eigenvalue weighted by atomic mass is 16.5. The van der Waals surface area contributed by atoms with Gasteiger partial charge in [-0.25, -0.2) is 0 Å². The molecular weight excluding hydrogens is 270 g/mol. The molecule has 0 spiro atoms. The molecule has 2 aromatic carbocycles. The fourth-order valence-corrected chi connectivity index (χ4v) is 2.97. The summed E-state index contributed by atoms with van der Waals surface area (Å²) in [5.41, 5.74) is 5.02. The van der Waals surface area contributed by atoms with Crippen LogP contribution >= 0.6 is 0 Å². The van der Waals surface area contributed by atoms with Crippen LogP contribution in [0.25, 0.3) is 10.9 Å². The maximum Gasteiger partial charge on any atom is 0.128 e. The minimum Gasteiger partial charge on any atom is -0.487 e. The van der Waals surface area contributed by atoms with Crippen LogP contribution in [0.4, 0.5) is 0 Å². The Hall–Kier alpha value is -2.22. The number of hydrogen-bond donors (Lipinski definition) is 0. The lowest BCUT2D eigenvalue weighted by atomic mass is 10.2. The molecule has 2 nitrogen and oxygen atoms in total. The Labute approximate surface area is 132 Å². The molecule has 0 fully saturated rings. The quantitative estimate of drug-likeness (QED) is 0.626. The van der Waals surface area contributed by atoms with Crippen molar-refractivity contribution in [1.29, 1.82) is 0 Å². The summed E-state index contributed by atoms with van der Waals surface area (Å²) in [6, 6.07) is 17.5. The van der Waals surface area contributed by atoms with Gasteiger partial charge in [0.2, 0.25) is 0 Å². The van der Waals surface area contributed by atoms with E-state index in [-0.39, 0.29) is 0 Å². The number of nitrogens with zero attached hydrogens (tertiary/aromatic N) is 1. The van der Waals surface area contributed by atoms with Crippen molar-refractivity contribution < 1.29 is 4.74 Å². The Kier molecular flexibility index (Phi) is 3.93. The summed E-state index contributed by atoms with van der Waals surface area (Å²) in [5, 5.41) is 1.28. The predicted octanol–water partition coefficient (Wildman–Crippen LogP) is 5.42. The van der Waals surface area contributed by atoms with Crippen LogP contribution in [0.3, 0.4) is 0 Å². The van der Waals surface area contributed by atoms with Gasteiger partial charge < -0.3 is 9.30 Å². The monoisotopic (exact) mass is 293 g/mol. The number of ether oxygens (including phenoxy) is 1. The lowest BCUT2D eigenvalue weighted by Gasteiger charge is -2.15. The Bertz CT molecular complexity index is 799. The van der Waals surface area contributed by atoms with Gasteiger partial charge in [0.1, 0.15) is 12.4 Å². The molecule has 22 heavy (non-hydrogen) atoms. The van der Waals surface area contributed by atoms with Gasteiger partial charge in [0.25, 0.3) is 0 Å². The molecule has 0 bridgehead atoms. The van der Waals surface area contributed by atoms with E-state index in [4.69, 9.17) is 4.74 Å². The summed E-state index contributed by atoms with van der Waals surface area (Å²) in [7, 11) is 0. The van der Waals surface area contributed by atoms with Gasteiger partial charge in [-0.1, -0.05) is 24.3 Å². The highest BCUT2D eigenvalue weighted by molar-refractivity contribution is 5.82. The third-order valence-electron chi connectivity index (χ3n) is 3.97. The average molecular weight is 293 g/mol. The molecule has 0 amide bonds. The Morgan fingerprint density at radius 3 is 2.45 bits per heavy atom. The van der Waals surface area contributed by atoms with Crippen molar-refractivity contribution in [1.82, 2.24) is 4.57 Å². The van der Waals surface area contributed by atoms with Gasteiger partial charge in [-0.15, -0.1) is 0 Å². The van der Waals surface area contributed by atoms with E-state index < -0.39 is 0 Å². The zero-order chi connectivity index (χ0) is 15.7. The Morgan fingerprint density at radius 2 is 1.73 bits per heavy atom. The SMILES string of the molecule is Cc1cccc(OCc2cc3ccc(C)cc3n2C(C)C)c1. The molecule has 0 atom stereocenters. The molecule has 114 valence electrons. The summed E-state index contributed by atoms with van der Waals surface area (Å²) >= 11 is 0. The number of aryl methyl sites for hydroxylation is 2. The summed E-state index contributed by atoms with van der Waals surface area (Å²) in [6.07, 6.45) is 0. The van der Waals surface area contributed by atoms with Crippen molar-refractivity contribution in [2.45, 2.75) is 40.3 Å². The maximum absolute atomic E-state index is 6.00. The van der Waals surface area contributed by atoms with Crippen LogP contribution in [0.15, 0.2) is 48.5 Å². The fourth-order valence-electron chi connectivity index (χ4n) is 2.97. The van der Waals surface area contributed by atoms with Gasteiger partial charge in [-0.05, 0) is 63.1 Å². The fraction of sp³-hybridized carbons (Fsp3) is 0.300. The Morgan fingerprint density at radius 1 is 0.955 bits per heavy atom. The highest BCUT2D eigenvalue weighted by Gasteiger charge is 2.12. The molecule has 0 aliphatic carbocycles. The van der Waals surface area contributed by atoms with Crippen LogP contribution in [0.5, 0.6) is 5.75 Å². The second kappa shape index (κ2) is 5.88. The lowest BCUT2D eigenvalue weighted by molar-refractivity contribution is 0.293. The smallest absolute Gasteiger partial charge is 0.128 e. The van der Waals surface area contributed by atoms with Crippen LogP contribution < -0.4 is 4.74 Å². The largest absolute Gasteiger partial charge is 0.487 e. The van der Waals surface area contributed by atoms with Crippen LogP contribution in [-0.2, 0) is 6.61 Å². The van der Waals surface area contributed by atoms with E-state index in [1.54, 1.807) is 0 Å². The molecule has 1 heterocycles. The molecule has 0 N–H and O–H groups in total. The van der Waals surface area contributed by atoms with E-state index in [9.17, 15) is 0 Å². The number of rotatable bonds is 4. The second-order valence-corrected chi connectivity index (χ2v) is 6.27. The van der Waals surface area contributed by atoms with E-state index in [1.165, 1.54) is 27.7 Å². The van der Waals surface area contributed by atoms with Gasteiger partial charge in [0, 0.05) is 16.9 Å². The molecule has 0 aliphatic rings. The predicted molar refractivity (Wildman–Crippen MR) is 92.6 cm³/mol. The van der Waals surface area contributed by atoms with Gasteiger partial charge in [-0.2, -0.15) is 0 Å². The maximum atomic E-state index is 6.00. The second-order valence-electron chi connectivity index (χ2n) is 6.27. The zero-order valence-electron chi connectivity index (χ0n) is 13.8. The van der Waals surface area contributed by atoms with Gasteiger partial charge in [0.15, 0.2) is 0 Å². The molecule has 1 aromatic heterocycles. The topological polar surface area (TPSA) is 14.2 Å². The van der Waals surface area contributed by atoms with Crippen molar-refractivity contribution in [3.05, 3.63) is 65.4 Å². The van der Waals surface area contributed by atoms with E-state index >= 15 is 0 Å². The lowest BCUT2D eigenvalue weighted by Crippen LogP contribution is -2.08. The van der Waals surface area contributed by atoms with Gasteiger partial charge in [-0.3, -0.25) is 0 Å². The highest BCUT2D eigenvalue weighted by Crippen LogP contribution is 2.26. The normalized spacial score (nSPS) is 11.3. The first kappa shape index (κ1) is 14.7. The first-order chi connectivity index (χ1) is 10.5. The van der Waals surface area contributed by atoms with Gasteiger partial charge in [0.05, 0.1) is 5.69 Å². The third kappa shape index (κ3) is 2.87. The van der Waals surface area contributed by atoms with E-state index in [2.05, 4.69) is 68.7 Å². The first-order valence-corrected chi connectivity index (χ1v) is 7.84. The van der Waals surface area contributed by atoms with Crippen LogP contribution in [0.2, 0.25) is 0 Å². The Balaban J connectivity index is 1.94. The van der Waals surface area contributed by atoms with E-state index in [0.29, 0.717) is 12.6 Å². The molecule has 0 radical (unpaired) electrons. The molecule has 0 saturated carbocycles. The number of benzene rings is 2. The number of hydrogen-bond acceptors (Lipinski definition) is 1. The van der Waals surface area contributed by atoms with Crippen LogP contribution in [-0.4, -0.2) is 4.57 Å². The minimum absolute atomic E-state index is 0.412. The molecule has 3 rings (SSSR count). The van der Waals surface area contributed by atoms with Crippen LogP contribution in [0.1, 0.15) is 36.7 Å². The minimum atomic E-state index is 0.412. The first-order valence-electron chi connectivity index (χ1n) is 7.84. The summed E-state index contributed by atoms with van der Waals surface area (Å²) in [4.78, 5) is 0. The van der Waals surface area contributed by atoms with E-state index in [1.807, 2.05) is 12.1 Å². The van der Waals surface area contributed by atoms with Crippen molar-refractivity contribution in [3.8, 4) is 5.75 Å². The molecule has 0 unspecified atom stereocenters. The van der Waals surface area contributed by atoms with Crippen molar-refractivity contribution in [2.75, 3.05) is 0 Å². The number of fused-ring (bicyclic) bond motifs is 1. The van der Waals surface area contributed by atoms with Crippen molar-refractivity contribution >= 4 is 10.9 Å². The van der Waals surface area contributed by atoms with Crippen molar-refractivity contribution in [3.63, 3.8) is 0 Å². The molecular formula is C20H23NO. The van der Waals surface area contributed by atoms with Crippen LogP contribution in [0, 0.1) is 13.8 Å². The van der Waals surface area contributed by atoms with Gasteiger partial charge >= 0.3 is 0 Å². The number of aromatic nitrogens is 1. The van der Waals surface area contributed by atoms with Crippen molar-refractivity contribution in [2.24, 2.45) is 0 Å².